The Labute approximate surface area is 157 Å². The van der Waals surface area contributed by atoms with Crippen LogP contribution in [0.5, 0.6) is 0 Å². The molecule has 144 valence electrons. The molecule has 0 saturated heterocycles. The van der Waals surface area contributed by atoms with Gasteiger partial charge in [0.15, 0.2) is 11.6 Å². The number of rotatable bonds is 8. The van der Waals surface area contributed by atoms with E-state index >= 15 is 0 Å². The van der Waals surface area contributed by atoms with Gasteiger partial charge in [0.1, 0.15) is 0 Å². The maximum atomic E-state index is 13.3. The SMILES string of the molecule is CC(C)OC(=O)CC(NC(=O)CCc1ccc(F)c(F)c1)c1ccccc1. The summed E-state index contributed by atoms with van der Waals surface area (Å²) in [6.07, 6.45) is 0.131. The predicted molar refractivity (Wildman–Crippen MR) is 97.8 cm³/mol. The molecule has 0 saturated carbocycles. The van der Waals surface area contributed by atoms with Gasteiger partial charge in [-0.05, 0) is 43.5 Å². The molecule has 2 aromatic carbocycles. The molecule has 6 heteroatoms. The fourth-order valence-electron chi connectivity index (χ4n) is 2.63. The molecular formula is C21H23F2NO3. The van der Waals surface area contributed by atoms with Crippen molar-refractivity contribution >= 4 is 11.9 Å². The normalized spacial score (nSPS) is 11.9. The van der Waals surface area contributed by atoms with Gasteiger partial charge in [0.25, 0.3) is 0 Å². The van der Waals surface area contributed by atoms with Crippen molar-refractivity contribution in [2.24, 2.45) is 0 Å². The molecule has 27 heavy (non-hydrogen) atoms. The van der Waals surface area contributed by atoms with E-state index in [-0.39, 0.29) is 31.3 Å². The third-order valence-electron chi connectivity index (χ3n) is 3.90. The Hall–Kier alpha value is -2.76. The molecule has 2 aromatic rings. The quantitative estimate of drug-likeness (QED) is 0.707. The highest BCUT2D eigenvalue weighted by Crippen LogP contribution is 2.18. The van der Waals surface area contributed by atoms with Crippen molar-refractivity contribution in [1.82, 2.24) is 5.32 Å². The first kappa shape index (κ1) is 20.6. The van der Waals surface area contributed by atoms with Gasteiger partial charge in [-0.15, -0.1) is 0 Å². The molecule has 0 radical (unpaired) electrons. The largest absolute Gasteiger partial charge is 0.463 e. The van der Waals surface area contributed by atoms with E-state index in [1.54, 1.807) is 13.8 Å². The number of esters is 1. The highest BCUT2D eigenvalue weighted by Gasteiger charge is 2.20. The summed E-state index contributed by atoms with van der Waals surface area (Å²) in [4.78, 5) is 24.3. The number of carbonyl (C=O) groups excluding carboxylic acids is 2. The number of hydrogen-bond acceptors (Lipinski definition) is 3. The summed E-state index contributed by atoms with van der Waals surface area (Å²) >= 11 is 0. The van der Waals surface area contributed by atoms with Crippen LogP contribution in [0.15, 0.2) is 48.5 Å². The summed E-state index contributed by atoms with van der Waals surface area (Å²) in [6.45, 7) is 3.52. The second-order valence-electron chi connectivity index (χ2n) is 6.52. The van der Waals surface area contributed by atoms with Crippen LogP contribution in [-0.2, 0) is 20.7 Å². The van der Waals surface area contributed by atoms with Gasteiger partial charge >= 0.3 is 5.97 Å². The molecular weight excluding hydrogens is 352 g/mol. The van der Waals surface area contributed by atoms with E-state index in [0.29, 0.717) is 5.56 Å². The summed E-state index contributed by atoms with van der Waals surface area (Å²) in [5, 5.41) is 2.83. The van der Waals surface area contributed by atoms with Crippen LogP contribution in [0, 0.1) is 11.6 Å². The topological polar surface area (TPSA) is 55.4 Å². The highest BCUT2D eigenvalue weighted by molar-refractivity contribution is 5.78. The summed E-state index contributed by atoms with van der Waals surface area (Å²) < 4.78 is 31.4. The van der Waals surface area contributed by atoms with Gasteiger partial charge in [-0.1, -0.05) is 36.4 Å². The molecule has 1 amide bonds. The molecule has 4 nitrogen and oxygen atoms in total. The van der Waals surface area contributed by atoms with Gasteiger partial charge in [0.2, 0.25) is 5.91 Å². The zero-order valence-electron chi connectivity index (χ0n) is 15.4. The molecule has 0 aliphatic heterocycles. The standard InChI is InChI=1S/C21H23F2NO3/c1-14(2)27-21(26)13-19(16-6-4-3-5-7-16)24-20(25)11-9-15-8-10-17(22)18(23)12-15/h3-8,10,12,14,19H,9,11,13H2,1-2H3,(H,24,25). The van der Waals surface area contributed by atoms with Crippen molar-refractivity contribution in [3.63, 3.8) is 0 Å². The molecule has 0 aromatic heterocycles. The van der Waals surface area contributed by atoms with Gasteiger partial charge in [-0.3, -0.25) is 9.59 Å². The first-order chi connectivity index (χ1) is 12.8. The molecule has 0 heterocycles. The van der Waals surface area contributed by atoms with Crippen LogP contribution in [0.3, 0.4) is 0 Å². The number of benzene rings is 2. The molecule has 1 N–H and O–H groups in total. The van der Waals surface area contributed by atoms with Crippen LogP contribution in [0.25, 0.3) is 0 Å². The smallest absolute Gasteiger partial charge is 0.308 e. The Morgan fingerprint density at radius 3 is 2.37 bits per heavy atom. The Kier molecular flexibility index (Phi) is 7.46. The summed E-state index contributed by atoms with van der Waals surface area (Å²) in [7, 11) is 0. The Balaban J connectivity index is 1.99. The minimum Gasteiger partial charge on any atom is -0.463 e. The lowest BCUT2D eigenvalue weighted by atomic mass is 10.0. The fourth-order valence-corrected chi connectivity index (χ4v) is 2.63. The van der Waals surface area contributed by atoms with Crippen molar-refractivity contribution in [2.45, 2.75) is 45.3 Å². The molecule has 0 fully saturated rings. The third kappa shape index (κ3) is 6.81. The van der Waals surface area contributed by atoms with Crippen LogP contribution < -0.4 is 5.32 Å². The van der Waals surface area contributed by atoms with Crippen molar-refractivity contribution in [1.29, 1.82) is 0 Å². The second-order valence-corrected chi connectivity index (χ2v) is 6.52. The van der Waals surface area contributed by atoms with E-state index in [4.69, 9.17) is 4.74 Å². The first-order valence-electron chi connectivity index (χ1n) is 8.83. The molecule has 1 atom stereocenters. The van der Waals surface area contributed by atoms with Crippen molar-refractivity contribution in [3.8, 4) is 0 Å². The number of aryl methyl sites for hydroxylation is 1. The summed E-state index contributed by atoms with van der Waals surface area (Å²) in [6, 6.07) is 12.2. The predicted octanol–water partition coefficient (Wildman–Crippen LogP) is 4.10. The Morgan fingerprint density at radius 2 is 1.74 bits per heavy atom. The highest BCUT2D eigenvalue weighted by atomic mass is 19.2. The first-order valence-corrected chi connectivity index (χ1v) is 8.83. The molecule has 0 spiro atoms. The molecule has 2 rings (SSSR count). The summed E-state index contributed by atoms with van der Waals surface area (Å²) in [5.41, 5.74) is 1.32. The number of carbonyl (C=O) groups is 2. The second kappa shape index (κ2) is 9.80. The molecule has 1 unspecified atom stereocenters. The molecule has 0 bridgehead atoms. The molecule has 0 aliphatic rings. The van der Waals surface area contributed by atoms with Crippen LogP contribution in [0.2, 0.25) is 0 Å². The minimum atomic E-state index is -0.938. The maximum Gasteiger partial charge on any atom is 0.308 e. The van der Waals surface area contributed by atoms with E-state index in [1.807, 2.05) is 30.3 Å². The van der Waals surface area contributed by atoms with Crippen molar-refractivity contribution in [2.75, 3.05) is 0 Å². The zero-order chi connectivity index (χ0) is 19.8. The van der Waals surface area contributed by atoms with Gasteiger partial charge in [0.05, 0.1) is 18.6 Å². The van der Waals surface area contributed by atoms with E-state index in [1.165, 1.54) is 6.07 Å². The average Bonchev–Trinajstić information content (AvgIpc) is 2.62. The van der Waals surface area contributed by atoms with Crippen molar-refractivity contribution in [3.05, 3.63) is 71.3 Å². The average molecular weight is 375 g/mol. The molecule has 0 aliphatic carbocycles. The van der Waals surface area contributed by atoms with E-state index in [9.17, 15) is 18.4 Å². The van der Waals surface area contributed by atoms with Gasteiger partial charge in [-0.25, -0.2) is 8.78 Å². The van der Waals surface area contributed by atoms with Gasteiger partial charge in [-0.2, -0.15) is 0 Å². The zero-order valence-corrected chi connectivity index (χ0v) is 15.4. The van der Waals surface area contributed by atoms with E-state index in [0.717, 1.165) is 17.7 Å². The lowest BCUT2D eigenvalue weighted by molar-refractivity contribution is -0.148. The van der Waals surface area contributed by atoms with Crippen LogP contribution in [0.1, 0.15) is 43.9 Å². The van der Waals surface area contributed by atoms with Gasteiger partial charge < -0.3 is 10.1 Å². The maximum absolute atomic E-state index is 13.3. The monoisotopic (exact) mass is 375 g/mol. The van der Waals surface area contributed by atoms with Crippen molar-refractivity contribution < 1.29 is 23.1 Å². The van der Waals surface area contributed by atoms with Gasteiger partial charge in [0, 0.05) is 6.42 Å². The lowest BCUT2D eigenvalue weighted by Gasteiger charge is -2.19. The van der Waals surface area contributed by atoms with Crippen LogP contribution in [-0.4, -0.2) is 18.0 Å². The number of nitrogens with one attached hydrogen (secondary N) is 1. The van der Waals surface area contributed by atoms with E-state index < -0.39 is 23.6 Å². The number of ether oxygens (including phenoxy) is 1. The van der Waals surface area contributed by atoms with Crippen LogP contribution >= 0.6 is 0 Å². The fraction of sp³-hybridized carbons (Fsp3) is 0.333. The number of hydrogen-bond donors (Lipinski definition) is 1. The van der Waals surface area contributed by atoms with Crippen LogP contribution in [0.4, 0.5) is 8.78 Å². The summed E-state index contributed by atoms with van der Waals surface area (Å²) in [5.74, 6) is -2.55. The third-order valence-corrected chi connectivity index (χ3v) is 3.90. The number of halogens is 2. The number of amides is 1. The Bertz CT molecular complexity index is 778. The lowest BCUT2D eigenvalue weighted by Crippen LogP contribution is -2.31. The minimum absolute atomic E-state index is 0.0130. The van der Waals surface area contributed by atoms with E-state index in [2.05, 4.69) is 5.32 Å². The Morgan fingerprint density at radius 1 is 1.04 bits per heavy atom.